The van der Waals surface area contributed by atoms with Crippen molar-refractivity contribution in [3.8, 4) is 0 Å². The molecule has 2 heterocycles. The van der Waals surface area contributed by atoms with Gasteiger partial charge in [0.2, 0.25) is 53.2 Å². The Balaban J connectivity index is 1.13. The number of methoxy groups -OCH3 is 2. The van der Waals surface area contributed by atoms with Gasteiger partial charge in [-0.3, -0.25) is 57.9 Å². The number of benzene rings is 3. The molecule has 9 N–H and O–H groups in total. The first-order valence-corrected chi connectivity index (χ1v) is 37.3. The molecule has 0 aromatic heterocycles. The third-order valence-electron chi connectivity index (χ3n) is 20.3. The number of carboxylic acids is 1. The number of imide groups is 1. The van der Waals surface area contributed by atoms with Gasteiger partial charge in [-0.25, -0.2) is 14.4 Å². The van der Waals surface area contributed by atoms with Crippen LogP contribution in [0, 0.1) is 35.5 Å². The summed E-state index contributed by atoms with van der Waals surface area (Å²) in [5, 5.41) is 26.7. The van der Waals surface area contributed by atoms with Crippen LogP contribution in [0.5, 0.6) is 0 Å². The molecular formula is C78H118N12O16. The van der Waals surface area contributed by atoms with Crippen LogP contribution in [0.3, 0.4) is 0 Å². The molecule has 2 aliphatic heterocycles. The summed E-state index contributed by atoms with van der Waals surface area (Å²) in [6, 6.07) is 16.4. The van der Waals surface area contributed by atoms with Crippen LogP contribution in [0.25, 0.3) is 0 Å². The number of hydrogen-bond donors (Lipinski definition) is 8. The first-order valence-electron chi connectivity index (χ1n) is 37.3. The predicted octanol–water partition coefficient (Wildman–Crippen LogP) is 6.80. The lowest BCUT2D eigenvalue weighted by molar-refractivity contribution is -0.148. The van der Waals surface area contributed by atoms with Crippen molar-refractivity contribution in [1.82, 2.24) is 46.2 Å². The second-order valence-corrected chi connectivity index (χ2v) is 29.4. The Morgan fingerprint density at radius 2 is 1.34 bits per heavy atom. The Kier molecular flexibility index (Phi) is 35.5. The van der Waals surface area contributed by atoms with Gasteiger partial charge >= 0.3 is 18.1 Å². The van der Waals surface area contributed by atoms with Crippen LogP contribution in [0.2, 0.25) is 0 Å². The first-order chi connectivity index (χ1) is 50.2. The largest absolute Gasteiger partial charge is 0.480 e. The zero-order chi connectivity index (χ0) is 78.6. The maximum atomic E-state index is 14.9. The summed E-state index contributed by atoms with van der Waals surface area (Å²) >= 11 is 0. The molecule has 586 valence electrons. The second kappa shape index (κ2) is 43.0. The normalized spacial score (nSPS) is 17.3. The summed E-state index contributed by atoms with van der Waals surface area (Å²) in [6.45, 7) is 19.8. The number of amides is 12. The van der Waals surface area contributed by atoms with Crippen molar-refractivity contribution in [2.24, 2.45) is 41.2 Å². The second-order valence-electron chi connectivity index (χ2n) is 29.4. The number of anilines is 2. The summed E-state index contributed by atoms with van der Waals surface area (Å²) in [6.07, 6.45) is 2.57. The molecule has 12 amide bonds. The van der Waals surface area contributed by atoms with Gasteiger partial charge in [0.25, 0.3) is 0 Å². The molecular weight excluding hydrogens is 1360 g/mol. The Hall–Kier alpha value is -9.02. The zero-order valence-electron chi connectivity index (χ0n) is 64.8. The Morgan fingerprint density at radius 3 is 1.92 bits per heavy atom. The molecule has 2 fully saturated rings. The summed E-state index contributed by atoms with van der Waals surface area (Å²) in [4.78, 5) is 168. The Morgan fingerprint density at radius 1 is 0.698 bits per heavy atom. The van der Waals surface area contributed by atoms with Crippen LogP contribution in [-0.2, 0) is 81.6 Å². The minimum atomic E-state index is -1.18. The third kappa shape index (κ3) is 25.9. The van der Waals surface area contributed by atoms with E-state index in [2.05, 4.69) is 31.9 Å². The van der Waals surface area contributed by atoms with Gasteiger partial charge < -0.3 is 66.8 Å². The van der Waals surface area contributed by atoms with E-state index < -0.39 is 96.2 Å². The van der Waals surface area contributed by atoms with Gasteiger partial charge in [0, 0.05) is 91.0 Å². The van der Waals surface area contributed by atoms with Crippen molar-refractivity contribution in [3.63, 3.8) is 0 Å². The van der Waals surface area contributed by atoms with Crippen LogP contribution < -0.4 is 42.5 Å². The minimum Gasteiger partial charge on any atom is -0.480 e. The number of urea groups is 1. The number of ether oxygens (including phenoxy) is 3. The van der Waals surface area contributed by atoms with E-state index in [0.717, 1.165) is 11.1 Å². The molecule has 0 bridgehead atoms. The van der Waals surface area contributed by atoms with Crippen molar-refractivity contribution in [3.05, 3.63) is 95.6 Å². The van der Waals surface area contributed by atoms with Gasteiger partial charge in [-0.1, -0.05) is 137 Å². The summed E-state index contributed by atoms with van der Waals surface area (Å²) < 4.78 is 17.7. The molecule has 0 spiro atoms. The molecule has 0 radical (unpaired) electrons. The highest BCUT2D eigenvalue weighted by Crippen LogP contribution is 2.31. The number of primary amides is 1. The predicted molar refractivity (Wildman–Crippen MR) is 402 cm³/mol. The van der Waals surface area contributed by atoms with E-state index in [1.165, 1.54) is 24.0 Å². The number of nitrogens with two attached hydrogens (primary N) is 1. The first kappa shape index (κ1) is 87.6. The van der Waals surface area contributed by atoms with Crippen molar-refractivity contribution in [2.75, 3.05) is 71.8 Å². The van der Waals surface area contributed by atoms with Crippen LogP contribution >= 0.6 is 0 Å². The molecule has 2 aliphatic rings. The van der Waals surface area contributed by atoms with Gasteiger partial charge in [0.15, 0.2) is 0 Å². The molecule has 5 rings (SSSR count). The van der Waals surface area contributed by atoms with Gasteiger partial charge in [0.05, 0.1) is 42.7 Å². The number of unbranched alkanes of at least 4 members (excludes halogenated alkanes) is 2. The average Bonchev–Trinajstić information content (AvgIpc) is 1.38. The number of hydrogen-bond acceptors (Lipinski definition) is 16. The topological polar surface area (TPSA) is 367 Å². The average molecular weight is 1480 g/mol. The van der Waals surface area contributed by atoms with E-state index in [0.29, 0.717) is 81.5 Å². The molecule has 106 heavy (non-hydrogen) atoms. The van der Waals surface area contributed by atoms with Gasteiger partial charge in [0.1, 0.15) is 30.8 Å². The molecule has 0 saturated carbocycles. The molecule has 28 heteroatoms. The van der Waals surface area contributed by atoms with E-state index in [1.54, 1.807) is 112 Å². The highest BCUT2D eigenvalue weighted by molar-refractivity contribution is 6.03. The molecule has 3 aromatic carbocycles. The van der Waals surface area contributed by atoms with Gasteiger partial charge in [-0.15, -0.1) is 0 Å². The fourth-order valence-electron chi connectivity index (χ4n) is 13.9. The SMILES string of the molecule is CC[C@H](C)[C@@H]([C@@H](CC(=O)N1CCC[C@H]1[C@H](OC)[C@@H](C)C(=O)N[C@@H](Cc1ccccc1)C(=O)O)OC)N(C)C(=O)[C@@H](NC(=O)[C@H](C(C)C)N(C)CCc1ccc(N(C)C(=O)OCc2ccc(NC(=O)[C@H](CCCNC(N)=O)NC(=O)[C@@H](NC(=O)CCCCCN3C(=O)CC(C)C3=O)C(C)C)cc2)cc1)C(C)C. The van der Waals surface area contributed by atoms with Crippen molar-refractivity contribution >= 4 is 82.6 Å². The molecule has 12 atom stereocenters. The Labute approximate surface area is 625 Å². The molecule has 28 nitrogen and oxygen atoms in total. The van der Waals surface area contributed by atoms with Gasteiger partial charge in [-0.05, 0) is 117 Å². The highest BCUT2D eigenvalue weighted by Gasteiger charge is 2.44. The molecule has 0 aliphatic carbocycles. The fourth-order valence-corrected chi connectivity index (χ4v) is 13.9. The number of carboxylic acid groups (broad SMARTS) is 1. The minimum absolute atomic E-state index is 0.0864. The smallest absolute Gasteiger partial charge is 0.414 e. The lowest BCUT2D eigenvalue weighted by atomic mass is 9.89. The van der Waals surface area contributed by atoms with E-state index in [9.17, 15) is 62.6 Å². The van der Waals surface area contributed by atoms with Gasteiger partial charge in [-0.2, -0.15) is 0 Å². The van der Waals surface area contributed by atoms with Crippen LogP contribution in [-0.4, -0.2) is 212 Å². The zero-order valence-corrected chi connectivity index (χ0v) is 64.8. The summed E-state index contributed by atoms with van der Waals surface area (Å²) in [5.74, 6) is -6.57. The number of aliphatic carboxylic acids is 1. The number of likely N-dealkylation sites (tertiary alicyclic amines) is 2. The van der Waals surface area contributed by atoms with E-state index in [4.69, 9.17) is 19.9 Å². The number of carbonyl (C=O) groups excluding carboxylic acids is 11. The quantitative estimate of drug-likeness (QED) is 0.0213. The van der Waals surface area contributed by atoms with Crippen molar-refractivity contribution in [1.29, 1.82) is 0 Å². The highest BCUT2D eigenvalue weighted by atomic mass is 16.6. The lowest BCUT2D eigenvalue weighted by Gasteiger charge is -2.41. The van der Waals surface area contributed by atoms with Crippen LogP contribution in [0.4, 0.5) is 21.0 Å². The van der Waals surface area contributed by atoms with E-state index >= 15 is 0 Å². The maximum absolute atomic E-state index is 14.9. The number of likely N-dealkylation sites (N-methyl/N-ethyl adjacent to an activating group) is 2. The molecule has 1 unspecified atom stereocenters. The van der Waals surface area contributed by atoms with Crippen LogP contribution in [0.15, 0.2) is 78.9 Å². The van der Waals surface area contributed by atoms with E-state index in [1.807, 2.05) is 71.7 Å². The fraction of sp³-hybridized carbons (Fsp3) is 0.615. The van der Waals surface area contributed by atoms with Crippen molar-refractivity contribution < 1.29 is 76.9 Å². The summed E-state index contributed by atoms with van der Waals surface area (Å²) in [7, 11) is 8.13. The van der Waals surface area contributed by atoms with Crippen molar-refractivity contribution in [2.45, 2.75) is 214 Å². The molecule has 2 saturated heterocycles. The number of rotatable bonds is 43. The number of nitrogens with one attached hydrogen (secondary N) is 6. The van der Waals surface area contributed by atoms with E-state index in [-0.39, 0.29) is 117 Å². The maximum Gasteiger partial charge on any atom is 0.414 e. The molecule has 3 aromatic rings. The third-order valence-corrected chi connectivity index (χ3v) is 20.3. The Bertz CT molecular complexity index is 3410. The monoisotopic (exact) mass is 1480 g/mol. The lowest BCUT2D eigenvalue weighted by Crippen LogP contribution is -2.60. The standard InChI is InChI=1S/C78H118N12O16/c1-16-50(8)68(61(104-14)45-64(93)89-41-24-28-60(89)69(105-15)52(10)70(94)83-59(76(100)101)44-54-25-19-17-20-26-54)88(13)75(99)66(48(4)5)85-73(97)67(49(6)7)86(11)42-38-53-32-36-57(37-33-53)87(12)78(103)106-46-55-30-34-56(35-31-55)81-71(95)58(27-23-39-80-77(79)102)82-72(96)65(47(2)3)84-62(91)29-21-18-22-40-90-63(92)43-51(9)74(90)98/h17,19-20,25-26,30-37,47-52,58-61,65-69H,16,18,21-24,27-29,38-46H2,1-15H3,(H,81,95)(H,82,96)(H,83,94)(H,84,91)(H,85,97)(H,100,101)(H3,79,80,102)/t50-,51?,52+,58-,59-,60-,61+,65-,66-,67-,68-,69+/m0/s1. The van der Waals surface area contributed by atoms with Crippen LogP contribution in [0.1, 0.15) is 157 Å². The number of nitrogens with zero attached hydrogens (tertiary/aromatic N) is 5. The number of carbonyl (C=O) groups is 12. The summed E-state index contributed by atoms with van der Waals surface area (Å²) in [5.41, 5.74) is 8.51.